The minimum absolute atomic E-state index is 0.257. The van der Waals surface area contributed by atoms with Gasteiger partial charge in [0.15, 0.2) is 5.17 Å². The van der Waals surface area contributed by atoms with Crippen LogP contribution < -0.4 is 10.1 Å². The number of rotatable bonds is 6. The van der Waals surface area contributed by atoms with Gasteiger partial charge in [0.1, 0.15) is 11.0 Å². The first-order chi connectivity index (χ1) is 12.6. The van der Waals surface area contributed by atoms with Gasteiger partial charge in [0.25, 0.3) is 0 Å². The summed E-state index contributed by atoms with van der Waals surface area (Å²) in [5.41, 5.74) is 0.775. The number of amidine groups is 1. The van der Waals surface area contributed by atoms with Gasteiger partial charge in [0, 0.05) is 12.4 Å². The van der Waals surface area contributed by atoms with E-state index in [0.717, 1.165) is 17.3 Å². The lowest BCUT2D eigenvalue weighted by Crippen LogP contribution is -2.26. The average Bonchev–Trinajstić information content (AvgIpc) is 2.96. The molecule has 1 aromatic heterocycles. The molecule has 1 fully saturated rings. The highest BCUT2D eigenvalue weighted by atomic mass is 32.2. The number of nitrogens with one attached hydrogen (secondary N) is 1. The van der Waals surface area contributed by atoms with E-state index in [1.807, 2.05) is 0 Å². The minimum atomic E-state index is -1.04. The van der Waals surface area contributed by atoms with Crippen LogP contribution in [0.4, 0.5) is 0 Å². The average molecular weight is 371 g/mol. The number of amides is 1. The number of hydrogen-bond acceptors (Lipinski definition) is 8. The van der Waals surface area contributed by atoms with Crippen molar-refractivity contribution in [1.29, 1.82) is 0 Å². The Hall–Kier alpha value is -3.27. The maximum Gasteiger partial charge on any atom is 0.305 e. The summed E-state index contributed by atoms with van der Waals surface area (Å²) in [6, 6.07) is 7.06. The molecule has 1 unspecified atom stereocenters. The number of ether oxygens (including phenoxy) is 1. The van der Waals surface area contributed by atoms with Gasteiger partial charge >= 0.3 is 5.97 Å². The fraction of sp³-hybridized carbons (Fsp3) is 0.125. The SMILES string of the molecule is O=C(O)CC1SC(=NN=Cc2ccc(Oc3cnccn3)cc2)NC1=O. The summed E-state index contributed by atoms with van der Waals surface area (Å²) in [5, 5.41) is 18.6. The fourth-order valence-corrected chi connectivity index (χ4v) is 2.89. The molecule has 2 aromatic rings. The van der Waals surface area contributed by atoms with Crippen LogP contribution in [0.25, 0.3) is 0 Å². The number of benzene rings is 1. The van der Waals surface area contributed by atoms with Gasteiger partial charge in [-0.25, -0.2) is 4.98 Å². The number of aliphatic carboxylic acids is 1. The number of nitrogens with zero attached hydrogens (tertiary/aromatic N) is 4. The first-order valence-electron chi connectivity index (χ1n) is 7.44. The van der Waals surface area contributed by atoms with Gasteiger partial charge in [-0.15, -0.1) is 5.10 Å². The quantitative estimate of drug-likeness (QED) is 0.584. The van der Waals surface area contributed by atoms with Crippen LogP contribution in [0.2, 0.25) is 0 Å². The third-order valence-electron chi connectivity index (χ3n) is 3.13. The lowest BCUT2D eigenvalue weighted by molar-refractivity contribution is -0.138. The van der Waals surface area contributed by atoms with E-state index in [-0.39, 0.29) is 17.5 Å². The van der Waals surface area contributed by atoms with Crippen molar-refractivity contribution in [2.45, 2.75) is 11.7 Å². The van der Waals surface area contributed by atoms with E-state index in [1.54, 1.807) is 30.5 Å². The van der Waals surface area contributed by atoms with E-state index in [0.29, 0.717) is 11.6 Å². The van der Waals surface area contributed by atoms with Crippen molar-refractivity contribution < 1.29 is 19.4 Å². The summed E-state index contributed by atoms with van der Waals surface area (Å²) >= 11 is 1.05. The molecular formula is C16H13N5O4S. The van der Waals surface area contributed by atoms with Gasteiger partial charge in [-0.05, 0) is 29.8 Å². The molecule has 0 aliphatic carbocycles. The molecule has 10 heteroatoms. The molecule has 0 radical (unpaired) electrons. The molecule has 1 saturated heterocycles. The van der Waals surface area contributed by atoms with E-state index in [2.05, 4.69) is 25.5 Å². The Morgan fingerprint density at radius 3 is 2.85 bits per heavy atom. The highest BCUT2D eigenvalue weighted by Crippen LogP contribution is 2.22. The smallest absolute Gasteiger partial charge is 0.305 e. The van der Waals surface area contributed by atoms with Gasteiger partial charge < -0.3 is 15.2 Å². The lowest BCUT2D eigenvalue weighted by atomic mass is 10.2. The third-order valence-corrected chi connectivity index (χ3v) is 4.21. The predicted molar refractivity (Wildman–Crippen MR) is 95.4 cm³/mol. The van der Waals surface area contributed by atoms with Gasteiger partial charge in [-0.2, -0.15) is 5.10 Å². The molecule has 3 rings (SSSR count). The second-order valence-electron chi connectivity index (χ2n) is 5.06. The van der Waals surface area contributed by atoms with Gasteiger partial charge in [0.05, 0.1) is 18.8 Å². The molecule has 1 aliphatic rings. The maximum atomic E-state index is 11.6. The first kappa shape index (κ1) is 17.5. The molecule has 1 atom stereocenters. The van der Waals surface area contributed by atoms with Crippen LogP contribution in [0.1, 0.15) is 12.0 Å². The molecule has 0 saturated carbocycles. The van der Waals surface area contributed by atoms with Crippen molar-refractivity contribution in [1.82, 2.24) is 15.3 Å². The van der Waals surface area contributed by atoms with Gasteiger partial charge in [-0.3, -0.25) is 14.6 Å². The molecule has 1 aliphatic heterocycles. The van der Waals surface area contributed by atoms with Crippen LogP contribution in [-0.2, 0) is 9.59 Å². The van der Waals surface area contributed by atoms with E-state index in [4.69, 9.17) is 9.84 Å². The Balaban J connectivity index is 1.57. The van der Waals surface area contributed by atoms with Crippen molar-refractivity contribution in [2.75, 3.05) is 0 Å². The summed E-state index contributed by atoms with van der Waals surface area (Å²) in [7, 11) is 0. The third kappa shape index (κ3) is 4.86. The second-order valence-corrected chi connectivity index (χ2v) is 6.25. The number of hydrogen-bond donors (Lipinski definition) is 2. The zero-order valence-electron chi connectivity index (χ0n) is 13.3. The second kappa shape index (κ2) is 8.21. The molecule has 9 nitrogen and oxygen atoms in total. The van der Waals surface area contributed by atoms with Crippen molar-refractivity contribution in [3.8, 4) is 11.6 Å². The Morgan fingerprint density at radius 1 is 1.35 bits per heavy atom. The van der Waals surface area contributed by atoms with Crippen LogP contribution in [-0.4, -0.2) is 43.6 Å². The highest BCUT2D eigenvalue weighted by molar-refractivity contribution is 8.15. The summed E-state index contributed by atoms with van der Waals surface area (Å²) < 4.78 is 5.53. The van der Waals surface area contributed by atoms with Crippen LogP contribution in [0.5, 0.6) is 11.6 Å². The Bertz CT molecular complexity index is 855. The highest BCUT2D eigenvalue weighted by Gasteiger charge is 2.32. The summed E-state index contributed by atoms with van der Waals surface area (Å²) in [5.74, 6) is -0.419. The Labute approximate surface area is 152 Å². The molecule has 132 valence electrons. The van der Waals surface area contributed by atoms with E-state index in [1.165, 1.54) is 18.6 Å². The zero-order valence-corrected chi connectivity index (χ0v) is 14.1. The van der Waals surface area contributed by atoms with E-state index in [9.17, 15) is 9.59 Å². The first-order valence-corrected chi connectivity index (χ1v) is 8.32. The Kier molecular flexibility index (Phi) is 5.54. The molecule has 0 spiro atoms. The molecular weight excluding hydrogens is 358 g/mol. The van der Waals surface area contributed by atoms with Crippen LogP contribution in [0, 0.1) is 0 Å². The number of aromatic nitrogens is 2. The number of carboxylic acids is 1. The van der Waals surface area contributed by atoms with Gasteiger partial charge in [0.2, 0.25) is 11.8 Å². The van der Waals surface area contributed by atoms with E-state index >= 15 is 0 Å². The summed E-state index contributed by atoms with van der Waals surface area (Å²) in [4.78, 5) is 30.2. The minimum Gasteiger partial charge on any atom is -0.481 e. The topological polar surface area (TPSA) is 126 Å². The summed E-state index contributed by atoms with van der Waals surface area (Å²) in [6.45, 7) is 0. The van der Waals surface area contributed by atoms with Crippen molar-refractivity contribution >= 4 is 35.0 Å². The monoisotopic (exact) mass is 371 g/mol. The number of carbonyl (C=O) groups is 2. The van der Waals surface area contributed by atoms with Crippen LogP contribution in [0.15, 0.2) is 53.1 Å². The molecule has 0 bridgehead atoms. The summed E-state index contributed by atoms with van der Waals surface area (Å²) in [6.07, 6.45) is 5.86. The molecule has 1 amide bonds. The van der Waals surface area contributed by atoms with Crippen molar-refractivity contribution in [3.63, 3.8) is 0 Å². The molecule has 1 aromatic carbocycles. The van der Waals surface area contributed by atoms with Crippen LogP contribution >= 0.6 is 11.8 Å². The molecule has 2 heterocycles. The lowest BCUT2D eigenvalue weighted by Gasteiger charge is -2.03. The molecule has 26 heavy (non-hydrogen) atoms. The predicted octanol–water partition coefficient (Wildman–Crippen LogP) is 1.67. The van der Waals surface area contributed by atoms with E-state index < -0.39 is 11.2 Å². The maximum absolute atomic E-state index is 11.6. The standard InChI is InChI=1S/C16H13N5O4S/c22-14(23)7-12-15(24)20-16(26-12)21-19-8-10-1-3-11(4-2-10)25-13-9-17-5-6-18-13/h1-6,8-9,12H,7H2,(H,22,23)(H,20,21,24). The van der Waals surface area contributed by atoms with Crippen molar-refractivity contribution in [2.24, 2.45) is 10.2 Å². The number of carbonyl (C=O) groups excluding carboxylic acids is 1. The van der Waals surface area contributed by atoms with Crippen molar-refractivity contribution in [3.05, 3.63) is 48.4 Å². The fourth-order valence-electron chi connectivity index (χ4n) is 1.97. The Morgan fingerprint density at radius 2 is 2.15 bits per heavy atom. The number of carboxylic acid groups (broad SMARTS) is 1. The zero-order chi connectivity index (χ0) is 18.4. The largest absolute Gasteiger partial charge is 0.481 e. The molecule has 2 N–H and O–H groups in total. The normalized spacial score (nSPS) is 18.2. The van der Waals surface area contributed by atoms with Crippen LogP contribution in [0.3, 0.4) is 0 Å². The number of thioether (sulfide) groups is 1. The van der Waals surface area contributed by atoms with Gasteiger partial charge in [-0.1, -0.05) is 11.8 Å².